The molecule has 0 aliphatic heterocycles. The summed E-state index contributed by atoms with van der Waals surface area (Å²) in [4.78, 5) is 11.0. The van der Waals surface area contributed by atoms with Crippen molar-refractivity contribution < 1.29 is 19.0 Å². The zero-order valence-corrected chi connectivity index (χ0v) is 14.3. The molecular formula is C19H28O4. The number of carbonyl (C=O) groups excluding carboxylic acids is 1. The summed E-state index contributed by atoms with van der Waals surface area (Å²) in [5.74, 6) is 1.46. The van der Waals surface area contributed by atoms with Crippen molar-refractivity contribution in [3.8, 4) is 11.5 Å². The summed E-state index contributed by atoms with van der Waals surface area (Å²) in [5, 5.41) is 0. The smallest absolute Gasteiger partial charge is 0.305 e. The van der Waals surface area contributed by atoms with Gasteiger partial charge in [-0.3, -0.25) is 4.79 Å². The molecule has 0 bridgehead atoms. The first-order valence-corrected chi connectivity index (χ1v) is 8.19. The van der Waals surface area contributed by atoms with Crippen LogP contribution in [0.25, 0.3) is 0 Å². The van der Waals surface area contributed by atoms with E-state index in [1.54, 1.807) is 7.11 Å². The van der Waals surface area contributed by atoms with Gasteiger partial charge in [0.2, 0.25) is 0 Å². The van der Waals surface area contributed by atoms with Crippen LogP contribution in [0.2, 0.25) is 0 Å². The lowest BCUT2D eigenvalue weighted by atomic mass is 10.1. The minimum atomic E-state index is -0.122. The van der Waals surface area contributed by atoms with Gasteiger partial charge in [-0.2, -0.15) is 0 Å². The molecule has 0 saturated heterocycles. The Morgan fingerprint density at radius 1 is 1.13 bits per heavy atom. The largest absolute Gasteiger partial charge is 0.497 e. The third-order valence-corrected chi connectivity index (χ3v) is 3.69. The van der Waals surface area contributed by atoms with Crippen LogP contribution >= 0.6 is 0 Å². The highest BCUT2D eigenvalue weighted by atomic mass is 16.5. The van der Waals surface area contributed by atoms with Crippen LogP contribution in [0.1, 0.15) is 44.9 Å². The topological polar surface area (TPSA) is 44.8 Å². The Bertz CT molecular complexity index is 470. The van der Waals surface area contributed by atoms with Gasteiger partial charge in [0, 0.05) is 12.5 Å². The van der Waals surface area contributed by atoms with Crippen LogP contribution in [0.15, 0.2) is 36.9 Å². The molecule has 0 aliphatic rings. The minimum Gasteiger partial charge on any atom is -0.497 e. The van der Waals surface area contributed by atoms with E-state index in [-0.39, 0.29) is 12.1 Å². The molecule has 0 saturated carbocycles. The molecule has 0 heterocycles. The Kier molecular flexibility index (Phi) is 9.60. The fourth-order valence-corrected chi connectivity index (χ4v) is 2.32. The van der Waals surface area contributed by atoms with E-state index in [9.17, 15) is 4.79 Å². The fraction of sp³-hybridized carbons (Fsp3) is 0.526. The Hall–Kier alpha value is -1.97. The van der Waals surface area contributed by atoms with Gasteiger partial charge in [-0.05, 0) is 31.4 Å². The Labute approximate surface area is 139 Å². The summed E-state index contributed by atoms with van der Waals surface area (Å²) >= 11 is 0. The van der Waals surface area contributed by atoms with Gasteiger partial charge in [0.1, 0.15) is 17.6 Å². The summed E-state index contributed by atoms with van der Waals surface area (Å²) in [5.41, 5.74) is 0. The monoisotopic (exact) mass is 320 g/mol. The molecule has 128 valence electrons. The predicted molar refractivity (Wildman–Crippen MR) is 91.9 cm³/mol. The standard InChI is InChI=1S/C19H28O4/c1-4-16(23-18-13-10-12-17(15-18)21-2)11-8-6-5-7-9-14-19(20)22-3/h4,10,12-13,15-16H,1,5-9,11,14H2,2-3H3. The van der Waals surface area contributed by atoms with Gasteiger partial charge in [-0.25, -0.2) is 0 Å². The van der Waals surface area contributed by atoms with E-state index >= 15 is 0 Å². The fourth-order valence-electron chi connectivity index (χ4n) is 2.32. The number of carbonyl (C=O) groups is 1. The van der Waals surface area contributed by atoms with Crippen molar-refractivity contribution in [1.29, 1.82) is 0 Å². The first kappa shape index (κ1) is 19.1. The molecular weight excluding hydrogens is 292 g/mol. The van der Waals surface area contributed by atoms with Gasteiger partial charge in [0.25, 0.3) is 0 Å². The number of hydrogen-bond acceptors (Lipinski definition) is 4. The molecule has 0 N–H and O–H groups in total. The Morgan fingerprint density at radius 3 is 2.52 bits per heavy atom. The second kappa shape index (κ2) is 11.6. The van der Waals surface area contributed by atoms with Crippen molar-refractivity contribution in [1.82, 2.24) is 0 Å². The lowest BCUT2D eigenvalue weighted by Crippen LogP contribution is -2.13. The van der Waals surface area contributed by atoms with Crippen LogP contribution in [0, 0.1) is 0 Å². The quantitative estimate of drug-likeness (QED) is 0.322. The number of unbranched alkanes of at least 4 members (excludes halogenated alkanes) is 4. The number of ether oxygens (including phenoxy) is 3. The molecule has 1 rings (SSSR count). The maximum atomic E-state index is 11.0. The van der Waals surface area contributed by atoms with Gasteiger partial charge in [0.05, 0.1) is 14.2 Å². The van der Waals surface area contributed by atoms with Crippen molar-refractivity contribution in [2.45, 2.75) is 51.0 Å². The zero-order chi connectivity index (χ0) is 16.9. The predicted octanol–water partition coefficient (Wildman–Crippen LogP) is 4.53. The first-order valence-electron chi connectivity index (χ1n) is 8.19. The van der Waals surface area contributed by atoms with E-state index < -0.39 is 0 Å². The highest BCUT2D eigenvalue weighted by Crippen LogP contribution is 2.21. The van der Waals surface area contributed by atoms with E-state index in [4.69, 9.17) is 9.47 Å². The number of esters is 1. The lowest BCUT2D eigenvalue weighted by Gasteiger charge is -2.16. The summed E-state index contributed by atoms with van der Waals surface area (Å²) in [7, 11) is 3.07. The molecule has 0 fully saturated rings. The third kappa shape index (κ3) is 8.29. The number of hydrogen-bond donors (Lipinski definition) is 0. The second-order valence-electron chi connectivity index (χ2n) is 5.45. The molecule has 1 atom stereocenters. The molecule has 1 aromatic carbocycles. The number of benzene rings is 1. The van der Waals surface area contributed by atoms with Crippen LogP contribution in [-0.4, -0.2) is 26.3 Å². The maximum absolute atomic E-state index is 11.0. The van der Waals surface area contributed by atoms with Crippen molar-refractivity contribution in [2.75, 3.05) is 14.2 Å². The highest BCUT2D eigenvalue weighted by Gasteiger charge is 2.07. The van der Waals surface area contributed by atoms with Gasteiger partial charge >= 0.3 is 5.97 Å². The highest BCUT2D eigenvalue weighted by molar-refractivity contribution is 5.68. The second-order valence-corrected chi connectivity index (χ2v) is 5.45. The van der Waals surface area contributed by atoms with E-state index in [2.05, 4.69) is 11.3 Å². The SMILES string of the molecule is C=CC(CCCCCCCC(=O)OC)Oc1cccc(OC)c1. The van der Waals surface area contributed by atoms with Crippen LogP contribution in [-0.2, 0) is 9.53 Å². The van der Waals surface area contributed by atoms with Crippen LogP contribution in [0.4, 0.5) is 0 Å². The normalized spacial score (nSPS) is 11.6. The molecule has 1 aromatic rings. The first-order chi connectivity index (χ1) is 11.2. The van der Waals surface area contributed by atoms with Gasteiger partial charge in [-0.1, -0.05) is 38.0 Å². The van der Waals surface area contributed by atoms with E-state index in [1.165, 1.54) is 7.11 Å². The van der Waals surface area contributed by atoms with E-state index in [0.717, 1.165) is 50.0 Å². The number of rotatable bonds is 12. The van der Waals surface area contributed by atoms with Crippen molar-refractivity contribution in [3.05, 3.63) is 36.9 Å². The minimum absolute atomic E-state index is 0.0113. The molecule has 1 unspecified atom stereocenters. The van der Waals surface area contributed by atoms with Crippen LogP contribution < -0.4 is 9.47 Å². The van der Waals surface area contributed by atoms with Gasteiger partial charge < -0.3 is 14.2 Å². The molecule has 23 heavy (non-hydrogen) atoms. The summed E-state index contributed by atoms with van der Waals surface area (Å²) in [6.07, 6.45) is 8.62. The average molecular weight is 320 g/mol. The Morgan fingerprint density at radius 2 is 1.83 bits per heavy atom. The van der Waals surface area contributed by atoms with E-state index in [1.807, 2.05) is 30.3 Å². The molecule has 0 spiro atoms. The van der Waals surface area contributed by atoms with Crippen molar-refractivity contribution >= 4 is 5.97 Å². The summed E-state index contributed by atoms with van der Waals surface area (Å²) in [6, 6.07) is 7.61. The van der Waals surface area contributed by atoms with E-state index in [0.29, 0.717) is 6.42 Å². The lowest BCUT2D eigenvalue weighted by molar-refractivity contribution is -0.140. The van der Waals surface area contributed by atoms with Crippen LogP contribution in [0.5, 0.6) is 11.5 Å². The van der Waals surface area contributed by atoms with Crippen molar-refractivity contribution in [3.63, 3.8) is 0 Å². The maximum Gasteiger partial charge on any atom is 0.305 e. The molecule has 0 aromatic heterocycles. The molecule has 4 heteroatoms. The van der Waals surface area contributed by atoms with Gasteiger partial charge in [0.15, 0.2) is 0 Å². The van der Waals surface area contributed by atoms with Crippen LogP contribution in [0.3, 0.4) is 0 Å². The molecule has 0 aliphatic carbocycles. The van der Waals surface area contributed by atoms with Crippen molar-refractivity contribution in [2.24, 2.45) is 0 Å². The molecule has 0 amide bonds. The zero-order valence-electron chi connectivity index (χ0n) is 14.3. The average Bonchev–Trinajstić information content (AvgIpc) is 2.59. The molecule has 0 radical (unpaired) electrons. The molecule has 4 nitrogen and oxygen atoms in total. The van der Waals surface area contributed by atoms with Gasteiger partial charge in [-0.15, -0.1) is 0 Å². The third-order valence-electron chi connectivity index (χ3n) is 3.69. The Balaban J connectivity index is 2.18. The summed E-state index contributed by atoms with van der Waals surface area (Å²) in [6.45, 7) is 3.85. The summed E-state index contributed by atoms with van der Waals surface area (Å²) < 4.78 is 15.7. The number of methoxy groups -OCH3 is 2.